The fourth-order valence-electron chi connectivity index (χ4n) is 2.25. The van der Waals surface area contributed by atoms with E-state index in [1.807, 2.05) is 12.1 Å². The molecular formula is C13H13ClN2S. The molecule has 17 heavy (non-hydrogen) atoms. The molecule has 1 aromatic carbocycles. The Kier molecular flexibility index (Phi) is 2.73. The Morgan fingerprint density at radius 2 is 2.18 bits per heavy atom. The minimum atomic E-state index is 0.833. The molecule has 0 atom stereocenters. The van der Waals surface area contributed by atoms with Crippen LogP contribution in [0.1, 0.15) is 10.4 Å². The molecule has 0 saturated heterocycles. The van der Waals surface area contributed by atoms with E-state index in [-0.39, 0.29) is 0 Å². The molecule has 2 N–H and O–H groups in total. The van der Waals surface area contributed by atoms with Crippen molar-refractivity contribution in [1.82, 2.24) is 0 Å². The fourth-order valence-corrected chi connectivity index (χ4v) is 3.35. The Morgan fingerprint density at radius 1 is 1.29 bits per heavy atom. The van der Waals surface area contributed by atoms with Gasteiger partial charge in [0, 0.05) is 22.8 Å². The maximum atomic E-state index is 5.95. The van der Waals surface area contributed by atoms with Crippen molar-refractivity contribution in [3.63, 3.8) is 0 Å². The molecule has 2 nitrogen and oxygen atoms in total. The third-order valence-corrected chi connectivity index (χ3v) is 4.29. The number of thiophene rings is 1. The fraction of sp³-hybridized carbons (Fsp3) is 0.231. The maximum Gasteiger partial charge on any atom is 0.0931 e. The lowest BCUT2D eigenvalue weighted by Crippen LogP contribution is -2.18. The van der Waals surface area contributed by atoms with Crippen LogP contribution in [-0.2, 0) is 13.0 Å². The zero-order valence-corrected chi connectivity index (χ0v) is 10.9. The highest BCUT2D eigenvalue weighted by molar-refractivity contribution is 7.16. The van der Waals surface area contributed by atoms with Crippen LogP contribution in [0.3, 0.4) is 0 Å². The number of anilines is 2. The Hall–Kier alpha value is -1.19. The van der Waals surface area contributed by atoms with E-state index in [0.717, 1.165) is 29.5 Å². The predicted molar refractivity (Wildman–Crippen MR) is 74.9 cm³/mol. The van der Waals surface area contributed by atoms with E-state index in [1.54, 1.807) is 11.3 Å². The summed E-state index contributed by atoms with van der Waals surface area (Å²) in [6, 6.07) is 10.2. The van der Waals surface area contributed by atoms with Gasteiger partial charge < -0.3 is 10.6 Å². The number of nitrogens with two attached hydrogens (primary N) is 1. The van der Waals surface area contributed by atoms with E-state index in [2.05, 4.69) is 23.1 Å². The van der Waals surface area contributed by atoms with Crippen LogP contribution in [0.5, 0.6) is 0 Å². The second-order valence-electron chi connectivity index (χ2n) is 4.27. The molecule has 2 aromatic rings. The van der Waals surface area contributed by atoms with Gasteiger partial charge in [-0.15, -0.1) is 11.3 Å². The lowest BCUT2D eigenvalue weighted by molar-refractivity contribution is 0.846. The normalized spacial score (nSPS) is 14.1. The van der Waals surface area contributed by atoms with E-state index >= 15 is 0 Å². The van der Waals surface area contributed by atoms with Gasteiger partial charge in [0.1, 0.15) is 0 Å². The Bertz CT molecular complexity index is 550. The Balaban J connectivity index is 1.86. The second kappa shape index (κ2) is 4.24. The highest BCUT2D eigenvalue weighted by Gasteiger charge is 2.19. The number of hydrogen-bond donors (Lipinski definition) is 1. The molecule has 0 bridgehead atoms. The number of nitrogen functional groups attached to an aromatic ring is 1. The highest BCUT2D eigenvalue weighted by Crippen LogP contribution is 2.32. The molecule has 0 saturated carbocycles. The average molecular weight is 265 g/mol. The molecule has 0 aliphatic carbocycles. The summed E-state index contributed by atoms with van der Waals surface area (Å²) in [5, 5.41) is 0. The standard InChI is InChI=1S/C13H13ClN2S/c14-13-4-3-11(17-13)8-16-6-5-9-1-2-10(15)7-12(9)16/h1-4,7H,5-6,8,15H2. The molecule has 1 aliphatic heterocycles. The van der Waals surface area contributed by atoms with E-state index in [9.17, 15) is 0 Å². The van der Waals surface area contributed by atoms with Gasteiger partial charge in [-0.25, -0.2) is 0 Å². The van der Waals surface area contributed by atoms with Gasteiger partial charge in [-0.2, -0.15) is 0 Å². The molecule has 0 amide bonds. The van der Waals surface area contributed by atoms with Crippen LogP contribution in [0.15, 0.2) is 30.3 Å². The Labute approximate surface area is 110 Å². The van der Waals surface area contributed by atoms with Crippen molar-refractivity contribution in [3.8, 4) is 0 Å². The third kappa shape index (κ3) is 2.13. The zero-order chi connectivity index (χ0) is 11.8. The molecule has 2 heterocycles. The topological polar surface area (TPSA) is 29.3 Å². The van der Waals surface area contributed by atoms with Gasteiger partial charge in [-0.3, -0.25) is 0 Å². The van der Waals surface area contributed by atoms with Gasteiger partial charge in [-0.05, 0) is 36.2 Å². The van der Waals surface area contributed by atoms with Crippen molar-refractivity contribution < 1.29 is 0 Å². The summed E-state index contributed by atoms with van der Waals surface area (Å²) in [7, 11) is 0. The minimum absolute atomic E-state index is 0.833. The van der Waals surface area contributed by atoms with E-state index in [1.165, 1.54) is 16.1 Å². The third-order valence-electron chi connectivity index (χ3n) is 3.08. The molecule has 0 radical (unpaired) electrons. The summed E-state index contributed by atoms with van der Waals surface area (Å²) in [5.41, 5.74) is 9.34. The number of hydrogen-bond acceptors (Lipinski definition) is 3. The highest BCUT2D eigenvalue weighted by atomic mass is 35.5. The summed E-state index contributed by atoms with van der Waals surface area (Å²) in [6.07, 6.45) is 1.11. The minimum Gasteiger partial charge on any atom is -0.399 e. The van der Waals surface area contributed by atoms with Crippen molar-refractivity contribution >= 4 is 34.3 Å². The predicted octanol–water partition coefficient (Wildman–Crippen LogP) is 3.55. The number of fused-ring (bicyclic) bond motifs is 1. The summed E-state index contributed by atoms with van der Waals surface area (Å²) < 4.78 is 0.854. The first kappa shape index (κ1) is 10.9. The average Bonchev–Trinajstić information content (AvgIpc) is 2.87. The molecular weight excluding hydrogens is 252 g/mol. The first-order valence-electron chi connectivity index (χ1n) is 5.60. The monoisotopic (exact) mass is 264 g/mol. The van der Waals surface area contributed by atoms with Crippen LogP contribution < -0.4 is 10.6 Å². The van der Waals surface area contributed by atoms with Crippen molar-refractivity contribution in [2.75, 3.05) is 17.2 Å². The second-order valence-corrected chi connectivity index (χ2v) is 6.07. The number of rotatable bonds is 2. The summed E-state index contributed by atoms with van der Waals surface area (Å²) >= 11 is 7.60. The van der Waals surface area contributed by atoms with Crippen molar-refractivity contribution in [3.05, 3.63) is 45.1 Å². The molecule has 0 unspecified atom stereocenters. The van der Waals surface area contributed by atoms with Crippen molar-refractivity contribution in [1.29, 1.82) is 0 Å². The maximum absolute atomic E-state index is 5.95. The molecule has 3 rings (SSSR count). The largest absolute Gasteiger partial charge is 0.399 e. The molecule has 0 fully saturated rings. The lowest BCUT2D eigenvalue weighted by atomic mass is 10.1. The first-order valence-corrected chi connectivity index (χ1v) is 6.79. The van der Waals surface area contributed by atoms with Crippen molar-refractivity contribution in [2.24, 2.45) is 0 Å². The lowest BCUT2D eigenvalue weighted by Gasteiger charge is -2.18. The Morgan fingerprint density at radius 3 is 2.94 bits per heavy atom. The number of nitrogens with zero attached hydrogens (tertiary/aromatic N) is 1. The van der Waals surface area contributed by atoms with Crippen molar-refractivity contribution in [2.45, 2.75) is 13.0 Å². The molecule has 1 aliphatic rings. The molecule has 4 heteroatoms. The van der Waals surface area contributed by atoms with Crippen LogP contribution in [0.4, 0.5) is 11.4 Å². The number of halogens is 1. The molecule has 0 spiro atoms. The van der Waals surface area contributed by atoms with Crippen LogP contribution >= 0.6 is 22.9 Å². The van der Waals surface area contributed by atoms with Crippen LogP contribution in [-0.4, -0.2) is 6.54 Å². The van der Waals surface area contributed by atoms with Gasteiger partial charge in [-0.1, -0.05) is 17.7 Å². The van der Waals surface area contributed by atoms with E-state index < -0.39 is 0 Å². The first-order chi connectivity index (χ1) is 8.22. The quantitative estimate of drug-likeness (QED) is 0.841. The summed E-state index contributed by atoms with van der Waals surface area (Å²) in [5.74, 6) is 0. The van der Waals surface area contributed by atoms with Crippen LogP contribution in [0.25, 0.3) is 0 Å². The molecule has 88 valence electrons. The van der Waals surface area contributed by atoms with Crippen LogP contribution in [0.2, 0.25) is 4.34 Å². The smallest absolute Gasteiger partial charge is 0.0931 e. The van der Waals surface area contributed by atoms with E-state index in [4.69, 9.17) is 17.3 Å². The summed E-state index contributed by atoms with van der Waals surface area (Å²) in [4.78, 5) is 3.67. The summed E-state index contributed by atoms with van der Waals surface area (Å²) in [6.45, 7) is 1.99. The van der Waals surface area contributed by atoms with E-state index in [0.29, 0.717) is 0 Å². The van der Waals surface area contributed by atoms with Gasteiger partial charge in [0.2, 0.25) is 0 Å². The molecule has 1 aromatic heterocycles. The SMILES string of the molecule is Nc1ccc2c(c1)N(Cc1ccc(Cl)s1)CC2. The van der Waals surface area contributed by atoms with Gasteiger partial charge in [0.25, 0.3) is 0 Å². The van der Waals surface area contributed by atoms with Gasteiger partial charge in [0.05, 0.1) is 10.9 Å². The van der Waals surface area contributed by atoms with Crippen LogP contribution in [0, 0.1) is 0 Å². The van der Waals surface area contributed by atoms with Gasteiger partial charge in [0.15, 0.2) is 0 Å². The zero-order valence-electron chi connectivity index (χ0n) is 9.32. The number of benzene rings is 1. The van der Waals surface area contributed by atoms with Gasteiger partial charge >= 0.3 is 0 Å².